The summed E-state index contributed by atoms with van der Waals surface area (Å²) in [6, 6.07) is 4.25. The first kappa shape index (κ1) is 16.3. The Balaban J connectivity index is 2.53. The van der Waals surface area contributed by atoms with Crippen LogP contribution in [-0.4, -0.2) is 31.2 Å². The van der Waals surface area contributed by atoms with Crippen molar-refractivity contribution in [3.05, 3.63) is 33.8 Å². The Labute approximate surface area is 124 Å². The zero-order valence-electron chi connectivity index (χ0n) is 10.4. The fourth-order valence-electron chi connectivity index (χ4n) is 1.18. The molecule has 0 spiro atoms. The highest BCUT2D eigenvalue weighted by molar-refractivity contribution is 6.35. The Morgan fingerprint density at radius 2 is 1.90 bits per heavy atom. The van der Waals surface area contributed by atoms with Crippen molar-refractivity contribution in [3.8, 4) is 0 Å². The molecule has 1 aromatic rings. The number of ether oxygens (including phenoxy) is 2. The van der Waals surface area contributed by atoms with Crippen LogP contribution in [0.1, 0.15) is 17.3 Å². The zero-order valence-corrected chi connectivity index (χ0v) is 12.0. The average Bonchev–Trinajstić information content (AvgIpc) is 2.39. The number of carbonyl (C=O) groups is 3. The van der Waals surface area contributed by atoms with E-state index in [2.05, 4.69) is 4.74 Å². The number of nitrogens with one attached hydrogen (secondary N) is 1. The van der Waals surface area contributed by atoms with Gasteiger partial charge in [-0.2, -0.15) is 0 Å². The van der Waals surface area contributed by atoms with E-state index in [1.165, 1.54) is 18.2 Å². The first-order valence-corrected chi connectivity index (χ1v) is 6.28. The zero-order chi connectivity index (χ0) is 15.1. The van der Waals surface area contributed by atoms with Crippen molar-refractivity contribution >= 4 is 41.2 Å². The maximum Gasteiger partial charge on any atom is 0.413 e. The summed E-state index contributed by atoms with van der Waals surface area (Å²) < 4.78 is 9.19. The summed E-state index contributed by atoms with van der Waals surface area (Å²) in [7, 11) is 0. The average molecular weight is 320 g/mol. The third-order valence-electron chi connectivity index (χ3n) is 2.00. The van der Waals surface area contributed by atoms with Crippen LogP contribution >= 0.6 is 23.2 Å². The predicted molar refractivity (Wildman–Crippen MR) is 71.9 cm³/mol. The standard InChI is InChI=1S/C12H11Cl2NO5/c1-2-19-12(18)15-10(16)6-20-11(17)8-5-7(13)3-4-9(8)14/h3-5H,2,6H2,1H3,(H,15,16,18). The van der Waals surface area contributed by atoms with Gasteiger partial charge in [-0.1, -0.05) is 23.2 Å². The summed E-state index contributed by atoms with van der Waals surface area (Å²) in [4.78, 5) is 33.9. The molecule has 0 unspecified atom stereocenters. The molecule has 8 heteroatoms. The molecule has 0 heterocycles. The van der Waals surface area contributed by atoms with Gasteiger partial charge in [-0.3, -0.25) is 10.1 Å². The van der Waals surface area contributed by atoms with Gasteiger partial charge in [0.2, 0.25) is 0 Å². The van der Waals surface area contributed by atoms with Crippen LogP contribution < -0.4 is 5.32 Å². The lowest BCUT2D eigenvalue weighted by Crippen LogP contribution is -2.34. The summed E-state index contributed by atoms with van der Waals surface area (Å²) in [6.45, 7) is 1.07. The van der Waals surface area contributed by atoms with Gasteiger partial charge in [0.1, 0.15) is 0 Å². The Morgan fingerprint density at radius 1 is 1.20 bits per heavy atom. The van der Waals surface area contributed by atoms with Crippen molar-refractivity contribution in [2.24, 2.45) is 0 Å². The topological polar surface area (TPSA) is 81.7 Å². The number of amides is 2. The molecule has 0 saturated carbocycles. The molecule has 0 saturated heterocycles. The molecular weight excluding hydrogens is 309 g/mol. The normalized spacial score (nSPS) is 9.75. The fraction of sp³-hybridized carbons (Fsp3) is 0.250. The largest absolute Gasteiger partial charge is 0.452 e. The van der Waals surface area contributed by atoms with E-state index in [0.29, 0.717) is 5.02 Å². The molecule has 0 aliphatic heterocycles. The van der Waals surface area contributed by atoms with Crippen molar-refractivity contribution in [1.29, 1.82) is 0 Å². The van der Waals surface area contributed by atoms with Crippen LogP contribution in [0.5, 0.6) is 0 Å². The van der Waals surface area contributed by atoms with Gasteiger partial charge in [0.25, 0.3) is 5.91 Å². The van der Waals surface area contributed by atoms with Gasteiger partial charge >= 0.3 is 12.1 Å². The number of esters is 1. The summed E-state index contributed by atoms with van der Waals surface area (Å²) in [5, 5.41) is 2.32. The van der Waals surface area contributed by atoms with Crippen molar-refractivity contribution in [1.82, 2.24) is 5.32 Å². The van der Waals surface area contributed by atoms with E-state index >= 15 is 0 Å². The number of rotatable bonds is 4. The number of alkyl carbamates (subject to hydrolysis) is 1. The molecule has 0 aliphatic carbocycles. The second-order valence-electron chi connectivity index (χ2n) is 3.47. The van der Waals surface area contributed by atoms with E-state index in [1.54, 1.807) is 6.92 Å². The van der Waals surface area contributed by atoms with Crippen molar-refractivity contribution < 1.29 is 23.9 Å². The molecule has 0 radical (unpaired) electrons. The molecule has 0 atom stereocenters. The highest BCUT2D eigenvalue weighted by atomic mass is 35.5. The Kier molecular flexibility index (Phi) is 6.27. The third kappa shape index (κ3) is 5.07. The lowest BCUT2D eigenvalue weighted by atomic mass is 10.2. The molecule has 1 aromatic carbocycles. The molecule has 0 fully saturated rings. The van der Waals surface area contributed by atoms with Crippen LogP contribution in [0.15, 0.2) is 18.2 Å². The molecule has 1 N–H and O–H groups in total. The van der Waals surface area contributed by atoms with Crippen LogP contribution in [0.2, 0.25) is 10.0 Å². The molecule has 0 bridgehead atoms. The van der Waals surface area contributed by atoms with Gasteiger partial charge in [-0.15, -0.1) is 0 Å². The number of hydrogen-bond acceptors (Lipinski definition) is 5. The number of halogens is 2. The molecule has 20 heavy (non-hydrogen) atoms. The number of hydrogen-bond donors (Lipinski definition) is 1. The SMILES string of the molecule is CCOC(=O)NC(=O)COC(=O)c1cc(Cl)ccc1Cl. The molecule has 6 nitrogen and oxygen atoms in total. The van der Waals surface area contributed by atoms with Crippen molar-refractivity contribution in [3.63, 3.8) is 0 Å². The van der Waals surface area contributed by atoms with E-state index in [1.807, 2.05) is 5.32 Å². The number of benzene rings is 1. The van der Waals surface area contributed by atoms with E-state index in [4.69, 9.17) is 27.9 Å². The highest BCUT2D eigenvalue weighted by Crippen LogP contribution is 2.21. The van der Waals surface area contributed by atoms with Crippen molar-refractivity contribution in [2.45, 2.75) is 6.92 Å². The first-order chi connectivity index (χ1) is 9.43. The second-order valence-corrected chi connectivity index (χ2v) is 4.31. The van der Waals surface area contributed by atoms with Crippen LogP contribution in [0.3, 0.4) is 0 Å². The van der Waals surface area contributed by atoms with Crippen LogP contribution in [-0.2, 0) is 14.3 Å². The summed E-state index contributed by atoms with van der Waals surface area (Å²) in [6.07, 6.45) is -0.908. The van der Waals surface area contributed by atoms with Crippen LogP contribution in [0.25, 0.3) is 0 Å². The fourth-order valence-corrected chi connectivity index (χ4v) is 1.55. The van der Waals surface area contributed by atoms with Gasteiger partial charge in [-0.05, 0) is 25.1 Å². The van der Waals surface area contributed by atoms with Crippen LogP contribution in [0, 0.1) is 0 Å². The Morgan fingerprint density at radius 3 is 2.55 bits per heavy atom. The van der Waals surface area contributed by atoms with Crippen LogP contribution in [0.4, 0.5) is 4.79 Å². The van der Waals surface area contributed by atoms with Gasteiger partial charge in [0.05, 0.1) is 17.2 Å². The molecule has 108 valence electrons. The quantitative estimate of drug-likeness (QED) is 0.862. The van der Waals surface area contributed by atoms with Crippen molar-refractivity contribution in [2.75, 3.05) is 13.2 Å². The molecule has 1 rings (SSSR count). The molecule has 0 aromatic heterocycles. The predicted octanol–water partition coefficient (Wildman–Crippen LogP) is 2.42. The molecule has 2 amide bonds. The summed E-state index contributed by atoms with van der Waals surface area (Å²) in [5.41, 5.74) is 0.0306. The van der Waals surface area contributed by atoms with E-state index in [9.17, 15) is 14.4 Å². The second kappa shape index (κ2) is 7.72. The smallest absolute Gasteiger partial charge is 0.413 e. The minimum absolute atomic E-state index is 0.0306. The minimum Gasteiger partial charge on any atom is -0.452 e. The summed E-state index contributed by atoms with van der Waals surface area (Å²) in [5.74, 6) is -1.63. The van der Waals surface area contributed by atoms with E-state index in [-0.39, 0.29) is 17.2 Å². The Hall–Kier alpha value is -1.79. The monoisotopic (exact) mass is 319 g/mol. The highest BCUT2D eigenvalue weighted by Gasteiger charge is 2.15. The maximum atomic E-state index is 11.7. The lowest BCUT2D eigenvalue weighted by Gasteiger charge is -2.07. The van der Waals surface area contributed by atoms with E-state index < -0.39 is 24.6 Å². The lowest BCUT2D eigenvalue weighted by molar-refractivity contribution is -0.123. The van der Waals surface area contributed by atoms with Gasteiger partial charge in [0, 0.05) is 5.02 Å². The van der Waals surface area contributed by atoms with Gasteiger partial charge in [-0.25, -0.2) is 9.59 Å². The van der Waals surface area contributed by atoms with Gasteiger partial charge in [0.15, 0.2) is 6.61 Å². The number of imide groups is 1. The van der Waals surface area contributed by atoms with E-state index in [0.717, 1.165) is 0 Å². The first-order valence-electron chi connectivity index (χ1n) is 5.52. The molecule has 0 aliphatic rings. The number of carbonyl (C=O) groups excluding carboxylic acids is 3. The Bertz CT molecular complexity index is 533. The minimum atomic E-state index is -0.908. The third-order valence-corrected chi connectivity index (χ3v) is 2.56. The van der Waals surface area contributed by atoms with Gasteiger partial charge < -0.3 is 9.47 Å². The molecular formula is C12H11Cl2NO5. The summed E-state index contributed by atoms with van der Waals surface area (Å²) >= 11 is 11.5. The maximum absolute atomic E-state index is 11.7.